The Morgan fingerprint density at radius 3 is 2.77 bits per heavy atom. The van der Waals surface area contributed by atoms with Crippen molar-refractivity contribution in [1.29, 1.82) is 0 Å². The van der Waals surface area contributed by atoms with E-state index in [-0.39, 0.29) is 30.7 Å². The van der Waals surface area contributed by atoms with Gasteiger partial charge in [0.1, 0.15) is 5.69 Å². The molecule has 2 heterocycles. The first-order valence-electron chi connectivity index (χ1n) is 7.30. The molecule has 22 heavy (non-hydrogen) atoms. The molecule has 0 spiro atoms. The molecular weight excluding hydrogens is 343 g/mol. The van der Waals surface area contributed by atoms with E-state index in [1.807, 2.05) is 5.38 Å². The molecule has 0 aliphatic carbocycles. The van der Waals surface area contributed by atoms with Crippen LogP contribution in [0.3, 0.4) is 0 Å². The molecule has 3 N–H and O–H groups in total. The van der Waals surface area contributed by atoms with Crippen molar-refractivity contribution in [3.63, 3.8) is 0 Å². The molecule has 0 saturated carbocycles. The number of likely N-dealkylation sites (tertiary alicyclic amines) is 1. The van der Waals surface area contributed by atoms with E-state index in [2.05, 4.69) is 22.2 Å². The van der Waals surface area contributed by atoms with Gasteiger partial charge in [-0.05, 0) is 51.9 Å². The van der Waals surface area contributed by atoms with Crippen LogP contribution in [0.25, 0.3) is 0 Å². The minimum absolute atomic E-state index is 0. The molecule has 0 atom stereocenters. The molecule has 0 unspecified atom stereocenters. The van der Waals surface area contributed by atoms with E-state index < -0.39 is 0 Å². The Morgan fingerprint density at radius 2 is 2.14 bits per heavy atom. The monoisotopic (exact) mass is 368 g/mol. The minimum atomic E-state index is -0.0579. The number of rotatable bonds is 6. The molecule has 1 aliphatic heterocycles. The molecule has 0 bridgehead atoms. The lowest BCUT2D eigenvalue weighted by atomic mass is 9.94. The van der Waals surface area contributed by atoms with Crippen molar-refractivity contribution < 1.29 is 4.79 Å². The average Bonchev–Trinajstić information content (AvgIpc) is 2.90. The summed E-state index contributed by atoms with van der Waals surface area (Å²) in [5.41, 5.74) is 6.01. The van der Waals surface area contributed by atoms with Gasteiger partial charge in [0.15, 0.2) is 0 Å². The number of halogens is 2. The highest BCUT2D eigenvalue weighted by Gasteiger charge is 2.17. The van der Waals surface area contributed by atoms with Gasteiger partial charge in [0.25, 0.3) is 5.91 Å². The van der Waals surface area contributed by atoms with E-state index in [1.54, 1.807) is 0 Å². The fourth-order valence-electron chi connectivity index (χ4n) is 2.48. The third-order valence-corrected chi connectivity index (χ3v) is 4.73. The Balaban J connectivity index is 0.00000220. The van der Waals surface area contributed by atoms with Crippen LogP contribution in [0.15, 0.2) is 5.38 Å². The highest BCUT2D eigenvalue weighted by Crippen LogP contribution is 2.18. The van der Waals surface area contributed by atoms with Crippen molar-refractivity contribution in [2.45, 2.75) is 25.7 Å². The summed E-state index contributed by atoms with van der Waals surface area (Å²) >= 11 is 1.51. The predicted octanol–water partition coefficient (Wildman–Crippen LogP) is 1.95. The molecule has 1 amide bonds. The maximum Gasteiger partial charge on any atom is 0.270 e. The first kappa shape index (κ1) is 21.6. The Morgan fingerprint density at radius 1 is 1.45 bits per heavy atom. The van der Waals surface area contributed by atoms with Gasteiger partial charge in [-0.2, -0.15) is 0 Å². The number of aromatic nitrogens is 1. The second-order valence-corrected chi connectivity index (χ2v) is 6.40. The summed E-state index contributed by atoms with van der Waals surface area (Å²) in [7, 11) is 2.17. The highest BCUT2D eigenvalue weighted by molar-refractivity contribution is 7.09. The molecule has 128 valence electrons. The first-order valence-corrected chi connectivity index (χ1v) is 8.18. The van der Waals surface area contributed by atoms with Crippen molar-refractivity contribution in [3.8, 4) is 0 Å². The summed E-state index contributed by atoms with van der Waals surface area (Å²) in [6.07, 6.45) is 4.29. The second kappa shape index (κ2) is 11.2. The summed E-state index contributed by atoms with van der Waals surface area (Å²) in [4.78, 5) is 18.6. The van der Waals surface area contributed by atoms with Gasteiger partial charge < -0.3 is 16.0 Å². The number of piperidine rings is 1. The van der Waals surface area contributed by atoms with Crippen LogP contribution < -0.4 is 11.1 Å². The Bertz CT molecular complexity index is 436. The molecule has 0 aromatic carbocycles. The lowest BCUT2D eigenvalue weighted by Gasteiger charge is -2.28. The van der Waals surface area contributed by atoms with Crippen molar-refractivity contribution in [2.24, 2.45) is 11.7 Å². The molecular formula is C14H26Cl2N4OS. The molecule has 1 fully saturated rings. The zero-order chi connectivity index (χ0) is 14.4. The van der Waals surface area contributed by atoms with Gasteiger partial charge in [0.2, 0.25) is 0 Å². The van der Waals surface area contributed by atoms with E-state index in [0.29, 0.717) is 12.2 Å². The van der Waals surface area contributed by atoms with Gasteiger partial charge >= 0.3 is 0 Å². The van der Waals surface area contributed by atoms with Crippen LogP contribution in [0.1, 0.15) is 34.8 Å². The van der Waals surface area contributed by atoms with Crippen LogP contribution in [0.5, 0.6) is 0 Å². The number of hydrogen-bond donors (Lipinski definition) is 2. The number of nitrogens with two attached hydrogens (primary N) is 1. The SMILES string of the molecule is CN1CCC(CCNC(=O)c2csc(CCN)n2)CC1.Cl.Cl. The lowest BCUT2D eigenvalue weighted by Crippen LogP contribution is -2.32. The third kappa shape index (κ3) is 6.79. The number of carbonyl (C=O) groups excluding carboxylic acids is 1. The van der Waals surface area contributed by atoms with Crippen LogP contribution in [0.2, 0.25) is 0 Å². The number of carbonyl (C=O) groups is 1. The van der Waals surface area contributed by atoms with Gasteiger partial charge in [0, 0.05) is 18.3 Å². The molecule has 1 aliphatic rings. The minimum Gasteiger partial charge on any atom is -0.351 e. The number of amides is 1. The number of nitrogens with one attached hydrogen (secondary N) is 1. The van der Waals surface area contributed by atoms with Gasteiger partial charge in [-0.15, -0.1) is 36.2 Å². The Hall–Kier alpha value is -0.400. The molecule has 8 heteroatoms. The summed E-state index contributed by atoms with van der Waals surface area (Å²) < 4.78 is 0. The zero-order valence-corrected chi connectivity index (χ0v) is 15.4. The summed E-state index contributed by atoms with van der Waals surface area (Å²) in [5.74, 6) is 0.687. The summed E-state index contributed by atoms with van der Waals surface area (Å²) in [6, 6.07) is 0. The summed E-state index contributed by atoms with van der Waals surface area (Å²) in [6.45, 7) is 3.67. The zero-order valence-electron chi connectivity index (χ0n) is 12.9. The van der Waals surface area contributed by atoms with Crippen LogP contribution in [-0.2, 0) is 6.42 Å². The second-order valence-electron chi connectivity index (χ2n) is 5.46. The topological polar surface area (TPSA) is 71.2 Å². The van der Waals surface area contributed by atoms with E-state index in [1.165, 1.54) is 37.3 Å². The van der Waals surface area contributed by atoms with Crippen LogP contribution >= 0.6 is 36.2 Å². The largest absolute Gasteiger partial charge is 0.351 e. The van der Waals surface area contributed by atoms with E-state index in [9.17, 15) is 4.79 Å². The van der Waals surface area contributed by atoms with E-state index in [0.717, 1.165) is 30.3 Å². The number of hydrogen-bond acceptors (Lipinski definition) is 5. The molecule has 1 saturated heterocycles. The third-order valence-electron chi connectivity index (χ3n) is 3.82. The van der Waals surface area contributed by atoms with Crippen LogP contribution in [0.4, 0.5) is 0 Å². The average molecular weight is 369 g/mol. The van der Waals surface area contributed by atoms with Crippen LogP contribution in [0, 0.1) is 5.92 Å². The first-order chi connectivity index (χ1) is 9.69. The van der Waals surface area contributed by atoms with Crippen molar-refractivity contribution >= 4 is 42.1 Å². The van der Waals surface area contributed by atoms with Gasteiger partial charge in [-0.3, -0.25) is 4.79 Å². The van der Waals surface area contributed by atoms with Crippen molar-refractivity contribution in [1.82, 2.24) is 15.2 Å². The quantitative estimate of drug-likeness (QED) is 0.804. The molecule has 2 rings (SSSR count). The Kier molecular flexibility index (Phi) is 11.0. The maximum absolute atomic E-state index is 11.9. The molecule has 0 radical (unpaired) electrons. The normalized spacial score (nSPS) is 15.7. The molecule has 5 nitrogen and oxygen atoms in total. The van der Waals surface area contributed by atoms with Crippen LogP contribution in [-0.4, -0.2) is 49.0 Å². The number of nitrogens with zero attached hydrogens (tertiary/aromatic N) is 2. The van der Waals surface area contributed by atoms with E-state index >= 15 is 0 Å². The molecule has 1 aromatic rings. The smallest absolute Gasteiger partial charge is 0.270 e. The van der Waals surface area contributed by atoms with Crippen molar-refractivity contribution in [3.05, 3.63) is 16.1 Å². The predicted molar refractivity (Wildman–Crippen MR) is 96.5 cm³/mol. The standard InChI is InChI=1S/C14H24N4OS.2ClH/c1-18-8-4-11(5-9-18)3-7-16-14(19)12-10-20-13(17-12)2-6-15;;/h10-11H,2-9,15H2,1H3,(H,16,19);2*1H. The molecule has 1 aromatic heterocycles. The lowest BCUT2D eigenvalue weighted by molar-refractivity contribution is 0.0944. The van der Waals surface area contributed by atoms with Gasteiger partial charge in [-0.25, -0.2) is 4.98 Å². The van der Waals surface area contributed by atoms with E-state index in [4.69, 9.17) is 5.73 Å². The van der Waals surface area contributed by atoms with Gasteiger partial charge in [0.05, 0.1) is 5.01 Å². The maximum atomic E-state index is 11.9. The fourth-order valence-corrected chi connectivity index (χ4v) is 3.28. The fraction of sp³-hybridized carbons (Fsp3) is 0.714. The number of thiazole rings is 1. The van der Waals surface area contributed by atoms with Gasteiger partial charge in [-0.1, -0.05) is 0 Å². The Labute approximate surface area is 148 Å². The summed E-state index contributed by atoms with van der Waals surface area (Å²) in [5, 5.41) is 5.73. The highest BCUT2D eigenvalue weighted by atomic mass is 35.5. The van der Waals surface area contributed by atoms with Crippen molar-refractivity contribution in [2.75, 3.05) is 33.2 Å².